The molecule has 2 saturated heterocycles. The first-order chi connectivity index (χ1) is 19.0. The second-order valence-corrected chi connectivity index (χ2v) is 10.5. The summed E-state index contributed by atoms with van der Waals surface area (Å²) in [5.74, 6) is 1.46. The van der Waals surface area contributed by atoms with Crippen LogP contribution in [0, 0.1) is 17.2 Å². The highest BCUT2D eigenvalue weighted by Crippen LogP contribution is 2.27. The first kappa shape index (κ1) is 26.8. The molecule has 204 valence electrons. The molecule has 0 saturated carbocycles. The van der Waals surface area contributed by atoms with Gasteiger partial charge in [-0.3, -0.25) is 15.2 Å². The summed E-state index contributed by atoms with van der Waals surface area (Å²) in [6.07, 6.45) is 5.64. The van der Waals surface area contributed by atoms with Gasteiger partial charge in [-0.1, -0.05) is 42.5 Å². The van der Waals surface area contributed by atoms with Crippen molar-refractivity contribution in [2.24, 2.45) is 17.6 Å². The predicted molar refractivity (Wildman–Crippen MR) is 151 cm³/mol. The van der Waals surface area contributed by atoms with Crippen molar-refractivity contribution in [2.45, 2.75) is 26.0 Å². The number of nitrogens with one attached hydrogen (secondary N) is 1. The predicted octanol–water partition coefficient (Wildman–Crippen LogP) is 3.75. The molecule has 2 aromatic carbocycles. The molecule has 2 aliphatic rings. The number of piperidine rings is 1. The van der Waals surface area contributed by atoms with E-state index in [1.807, 2.05) is 52.3 Å². The number of likely N-dealkylation sites (tertiary alicyclic amines) is 1. The Morgan fingerprint density at radius 1 is 0.974 bits per heavy atom. The van der Waals surface area contributed by atoms with E-state index in [4.69, 9.17) is 15.9 Å². The van der Waals surface area contributed by atoms with Gasteiger partial charge in [-0.05, 0) is 55.6 Å². The molecule has 1 aromatic heterocycles. The largest absolute Gasteiger partial charge is 0.384 e. The molecule has 2 aliphatic heterocycles. The number of urea groups is 1. The first-order valence-electron chi connectivity index (χ1n) is 13.7. The Kier molecular flexibility index (Phi) is 8.80. The first-order valence-corrected chi connectivity index (χ1v) is 13.7. The van der Waals surface area contributed by atoms with Gasteiger partial charge in [-0.25, -0.2) is 14.8 Å². The number of rotatable bonds is 10. The summed E-state index contributed by atoms with van der Waals surface area (Å²) in [6, 6.07) is 19.4. The number of anilines is 1. The third-order valence-corrected chi connectivity index (χ3v) is 7.52. The van der Waals surface area contributed by atoms with Crippen LogP contribution in [0.5, 0.6) is 0 Å². The molecule has 1 atom stereocenters. The molecule has 0 bridgehead atoms. The third-order valence-electron chi connectivity index (χ3n) is 7.52. The molecule has 39 heavy (non-hydrogen) atoms. The number of nitrogens with zero attached hydrogens (tertiary/aromatic N) is 5. The Labute approximate surface area is 230 Å². The summed E-state index contributed by atoms with van der Waals surface area (Å²) in [6.45, 7) is 5.79. The maximum Gasteiger partial charge on any atom is 0.324 e. The van der Waals surface area contributed by atoms with Crippen LogP contribution in [0.3, 0.4) is 0 Å². The van der Waals surface area contributed by atoms with Gasteiger partial charge >= 0.3 is 6.03 Å². The van der Waals surface area contributed by atoms with Gasteiger partial charge in [0.15, 0.2) is 0 Å². The summed E-state index contributed by atoms with van der Waals surface area (Å²) in [5, 5.41) is 7.84. The van der Waals surface area contributed by atoms with Crippen molar-refractivity contribution in [3.63, 3.8) is 0 Å². The van der Waals surface area contributed by atoms with E-state index in [9.17, 15) is 4.79 Å². The minimum atomic E-state index is -0.00595. The molecule has 3 aromatic rings. The van der Waals surface area contributed by atoms with Crippen molar-refractivity contribution >= 4 is 17.6 Å². The van der Waals surface area contributed by atoms with Crippen molar-refractivity contribution < 1.29 is 9.53 Å². The van der Waals surface area contributed by atoms with Crippen molar-refractivity contribution in [2.75, 3.05) is 44.2 Å². The number of carbonyl (C=O) groups excluding carboxylic acids is 1. The summed E-state index contributed by atoms with van der Waals surface area (Å²) in [4.78, 5) is 28.7. The molecule has 9 nitrogen and oxygen atoms in total. The SMILES string of the molecule is N=C(N)c1cccc(N2CC(COCc3ccccc3)CN(CC3CCN(Cc4ncccn4)CC3)C2=O)c1. The molecule has 0 aliphatic carbocycles. The van der Waals surface area contributed by atoms with Gasteiger partial charge in [0.05, 0.1) is 19.8 Å². The number of hydrogen-bond acceptors (Lipinski definition) is 6. The highest BCUT2D eigenvalue weighted by atomic mass is 16.5. The van der Waals surface area contributed by atoms with E-state index < -0.39 is 0 Å². The van der Waals surface area contributed by atoms with E-state index in [1.165, 1.54) is 0 Å². The fourth-order valence-electron chi connectivity index (χ4n) is 5.44. The van der Waals surface area contributed by atoms with Crippen LogP contribution >= 0.6 is 0 Å². The van der Waals surface area contributed by atoms with E-state index in [2.05, 4.69) is 27.0 Å². The number of hydrogen-bond donors (Lipinski definition) is 2. The van der Waals surface area contributed by atoms with Gasteiger partial charge in [-0.15, -0.1) is 0 Å². The maximum atomic E-state index is 13.7. The standard InChI is InChI=1S/C30H37N7O2/c31-29(32)26-8-4-9-27(16-26)37-19-25(22-39-21-24-6-2-1-3-7-24)18-36(30(37)38)17-23-10-14-35(15-11-23)20-28-33-12-5-13-34-28/h1-9,12-13,16,23,25H,10-11,14-15,17-22H2,(H3,31,32). The van der Waals surface area contributed by atoms with Gasteiger partial charge < -0.3 is 15.4 Å². The normalized spacial score (nSPS) is 18.9. The Morgan fingerprint density at radius 3 is 2.49 bits per heavy atom. The second-order valence-electron chi connectivity index (χ2n) is 10.5. The van der Waals surface area contributed by atoms with E-state index in [1.54, 1.807) is 18.5 Å². The smallest absolute Gasteiger partial charge is 0.324 e. The van der Waals surface area contributed by atoms with Gasteiger partial charge in [0.1, 0.15) is 11.7 Å². The maximum absolute atomic E-state index is 13.7. The van der Waals surface area contributed by atoms with Crippen LogP contribution in [0.1, 0.15) is 29.8 Å². The zero-order chi connectivity index (χ0) is 27.0. The van der Waals surface area contributed by atoms with Crippen LogP contribution < -0.4 is 10.6 Å². The van der Waals surface area contributed by atoms with Gasteiger partial charge in [0.25, 0.3) is 0 Å². The lowest BCUT2D eigenvalue weighted by Gasteiger charge is -2.42. The molecular formula is C30H37N7O2. The molecule has 9 heteroatoms. The summed E-state index contributed by atoms with van der Waals surface area (Å²) in [5.41, 5.74) is 8.26. The molecule has 0 spiro atoms. The van der Waals surface area contributed by atoms with Crippen molar-refractivity contribution in [3.05, 3.63) is 90.0 Å². The lowest BCUT2D eigenvalue weighted by molar-refractivity contribution is 0.0642. The highest BCUT2D eigenvalue weighted by Gasteiger charge is 2.35. The van der Waals surface area contributed by atoms with Crippen molar-refractivity contribution in [1.29, 1.82) is 5.41 Å². The number of benzene rings is 2. The van der Waals surface area contributed by atoms with E-state index >= 15 is 0 Å². The minimum Gasteiger partial charge on any atom is -0.384 e. The zero-order valence-corrected chi connectivity index (χ0v) is 22.3. The highest BCUT2D eigenvalue weighted by molar-refractivity contribution is 5.98. The van der Waals surface area contributed by atoms with Crippen molar-refractivity contribution in [3.8, 4) is 0 Å². The number of amidine groups is 1. The molecule has 1 unspecified atom stereocenters. The number of aromatic nitrogens is 2. The Bertz CT molecular complexity index is 1230. The number of nitrogens with two attached hydrogens (primary N) is 1. The van der Waals surface area contributed by atoms with Crippen LogP contribution in [-0.4, -0.2) is 71.0 Å². The Hall–Kier alpha value is -3.82. The van der Waals surface area contributed by atoms with Crippen LogP contribution in [-0.2, 0) is 17.9 Å². The molecule has 5 rings (SSSR count). The summed E-state index contributed by atoms with van der Waals surface area (Å²) in [7, 11) is 0. The number of amides is 2. The second kappa shape index (κ2) is 12.8. The topological polar surface area (TPSA) is 112 Å². The number of ether oxygens (including phenoxy) is 1. The van der Waals surface area contributed by atoms with E-state index in [0.29, 0.717) is 37.8 Å². The van der Waals surface area contributed by atoms with E-state index in [-0.39, 0.29) is 17.8 Å². The van der Waals surface area contributed by atoms with Crippen LogP contribution in [0.2, 0.25) is 0 Å². The minimum absolute atomic E-state index is 0.00595. The van der Waals surface area contributed by atoms with Gasteiger partial charge in [0.2, 0.25) is 0 Å². The lowest BCUT2D eigenvalue weighted by atomic mass is 9.95. The van der Waals surface area contributed by atoms with Crippen LogP contribution in [0.25, 0.3) is 0 Å². The average molecular weight is 528 g/mol. The van der Waals surface area contributed by atoms with Crippen molar-refractivity contribution in [1.82, 2.24) is 19.8 Å². The molecular weight excluding hydrogens is 490 g/mol. The average Bonchev–Trinajstić information content (AvgIpc) is 2.97. The molecule has 3 heterocycles. The number of nitrogen functional groups attached to an aromatic ring is 1. The lowest BCUT2D eigenvalue weighted by Crippen LogP contribution is -2.56. The fourth-order valence-corrected chi connectivity index (χ4v) is 5.44. The third kappa shape index (κ3) is 7.19. The summed E-state index contributed by atoms with van der Waals surface area (Å²) < 4.78 is 6.11. The molecule has 2 fully saturated rings. The zero-order valence-electron chi connectivity index (χ0n) is 22.3. The fraction of sp³-hybridized carbons (Fsp3) is 0.400. The van der Waals surface area contributed by atoms with Crippen LogP contribution in [0.4, 0.5) is 10.5 Å². The summed E-state index contributed by atoms with van der Waals surface area (Å²) >= 11 is 0. The quantitative estimate of drug-likeness (QED) is 0.307. The number of carbonyl (C=O) groups is 1. The monoisotopic (exact) mass is 527 g/mol. The Balaban J connectivity index is 1.23. The van der Waals surface area contributed by atoms with Crippen LogP contribution in [0.15, 0.2) is 73.1 Å². The molecule has 2 amide bonds. The van der Waals surface area contributed by atoms with E-state index in [0.717, 1.165) is 56.1 Å². The van der Waals surface area contributed by atoms with Gasteiger partial charge in [-0.2, -0.15) is 0 Å². The molecule has 0 radical (unpaired) electrons. The van der Waals surface area contributed by atoms with Gasteiger partial charge in [0, 0.05) is 49.2 Å². The Morgan fingerprint density at radius 2 is 1.74 bits per heavy atom. The molecule has 3 N–H and O–H groups in total.